The highest BCUT2D eigenvalue weighted by Gasteiger charge is 2.22. The van der Waals surface area contributed by atoms with Crippen LogP contribution in [0.3, 0.4) is 0 Å². The van der Waals surface area contributed by atoms with Gasteiger partial charge in [0, 0.05) is 13.1 Å². The second-order valence-corrected chi connectivity index (χ2v) is 4.43. The number of ether oxygens (including phenoxy) is 1. The van der Waals surface area contributed by atoms with Gasteiger partial charge in [-0.2, -0.15) is 5.10 Å². The van der Waals surface area contributed by atoms with Gasteiger partial charge in [0.15, 0.2) is 0 Å². The van der Waals surface area contributed by atoms with E-state index in [9.17, 15) is 10.1 Å². The molecule has 0 radical (unpaired) electrons. The van der Waals surface area contributed by atoms with Crippen LogP contribution >= 0.6 is 0 Å². The molecule has 1 aliphatic heterocycles. The molecule has 2 unspecified atom stereocenters. The lowest BCUT2D eigenvalue weighted by Crippen LogP contribution is -2.45. The third-order valence-corrected chi connectivity index (χ3v) is 2.67. The predicted molar refractivity (Wildman–Crippen MR) is 60.5 cm³/mol. The van der Waals surface area contributed by atoms with Gasteiger partial charge in [-0.3, -0.25) is 19.7 Å². The van der Waals surface area contributed by atoms with Crippen LogP contribution in [0, 0.1) is 10.1 Å². The number of hydrogen-bond donors (Lipinski definition) is 0. The fourth-order valence-electron chi connectivity index (χ4n) is 2.13. The van der Waals surface area contributed by atoms with E-state index in [1.807, 2.05) is 13.8 Å². The summed E-state index contributed by atoms with van der Waals surface area (Å²) in [5.41, 5.74) is 0.0272. The van der Waals surface area contributed by atoms with Crippen molar-refractivity contribution < 1.29 is 9.66 Å². The van der Waals surface area contributed by atoms with Crippen molar-refractivity contribution in [3.05, 3.63) is 22.5 Å². The zero-order valence-electron chi connectivity index (χ0n) is 9.94. The van der Waals surface area contributed by atoms with Crippen LogP contribution in [0.5, 0.6) is 0 Å². The van der Waals surface area contributed by atoms with E-state index in [2.05, 4.69) is 10.00 Å². The normalized spacial score (nSPS) is 26.0. The molecule has 0 saturated carbocycles. The Morgan fingerprint density at radius 1 is 1.53 bits per heavy atom. The first-order valence-electron chi connectivity index (χ1n) is 5.59. The van der Waals surface area contributed by atoms with Crippen LogP contribution in [0.2, 0.25) is 0 Å². The molecule has 2 rings (SSSR count). The molecule has 2 atom stereocenters. The van der Waals surface area contributed by atoms with Gasteiger partial charge in [-0.25, -0.2) is 0 Å². The van der Waals surface area contributed by atoms with E-state index in [0.29, 0.717) is 6.67 Å². The lowest BCUT2D eigenvalue weighted by atomic mass is 10.2. The molecular weight excluding hydrogens is 224 g/mol. The Morgan fingerprint density at radius 3 is 2.71 bits per heavy atom. The molecule has 1 aromatic rings. The first kappa shape index (κ1) is 12.0. The zero-order valence-corrected chi connectivity index (χ0v) is 9.94. The molecule has 0 aliphatic carbocycles. The first-order valence-corrected chi connectivity index (χ1v) is 5.59. The van der Waals surface area contributed by atoms with E-state index >= 15 is 0 Å². The Kier molecular flexibility index (Phi) is 3.39. The summed E-state index contributed by atoms with van der Waals surface area (Å²) in [6.07, 6.45) is 3.09. The predicted octanol–water partition coefficient (Wildman–Crippen LogP) is 0.858. The Balaban J connectivity index is 1.97. The Labute approximate surface area is 99.1 Å². The summed E-state index contributed by atoms with van der Waals surface area (Å²) in [5, 5.41) is 14.5. The lowest BCUT2D eigenvalue weighted by Gasteiger charge is -2.34. The topological polar surface area (TPSA) is 73.4 Å². The highest BCUT2D eigenvalue weighted by molar-refractivity contribution is 5.20. The fourth-order valence-corrected chi connectivity index (χ4v) is 2.13. The highest BCUT2D eigenvalue weighted by atomic mass is 16.6. The number of hydrogen-bond acceptors (Lipinski definition) is 5. The molecule has 0 amide bonds. The van der Waals surface area contributed by atoms with Crippen LogP contribution < -0.4 is 0 Å². The van der Waals surface area contributed by atoms with Crippen LogP contribution in [0.25, 0.3) is 0 Å². The summed E-state index contributed by atoms with van der Waals surface area (Å²) in [6, 6.07) is 0. The second kappa shape index (κ2) is 4.80. The van der Waals surface area contributed by atoms with Crippen LogP contribution in [-0.2, 0) is 11.4 Å². The second-order valence-electron chi connectivity index (χ2n) is 4.43. The molecule has 1 aromatic heterocycles. The Hall–Kier alpha value is -1.47. The Bertz CT molecular complexity index is 396. The van der Waals surface area contributed by atoms with Gasteiger partial charge in [-0.15, -0.1) is 0 Å². The molecule has 17 heavy (non-hydrogen) atoms. The van der Waals surface area contributed by atoms with Crippen LogP contribution in [0.1, 0.15) is 13.8 Å². The van der Waals surface area contributed by atoms with E-state index < -0.39 is 4.92 Å². The molecule has 1 saturated heterocycles. The van der Waals surface area contributed by atoms with Gasteiger partial charge in [0.05, 0.1) is 23.8 Å². The number of morpholine rings is 1. The summed E-state index contributed by atoms with van der Waals surface area (Å²) in [7, 11) is 0. The van der Waals surface area contributed by atoms with E-state index in [-0.39, 0.29) is 17.9 Å². The first-order chi connectivity index (χ1) is 8.04. The average molecular weight is 240 g/mol. The molecule has 1 aliphatic rings. The summed E-state index contributed by atoms with van der Waals surface area (Å²) in [5.74, 6) is 0. The minimum atomic E-state index is -0.436. The van der Waals surface area contributed by atoms with Crippen molar-refractivity contribution in [2.24, 2.45) is 0 Å². The van der Waals surface area contributed by atoms with E-state index in [1.165, 1.54) is 12.4 Å². The van der Waals surface area contributed by atoms with E-state index in [0.717, 1.165) is 13.1 Å². The zero-order chi connectivity index (χ0) is 12.4. The van der Waals surface area contributed by atoms with Gasteiger partial charge in [0.2, 0.25) is 0 Å². The van der Waals surface area contributed by atoms with Crippen molar-refractivity contribution in [1.29, 1.82) is 0 Å². The molecule has 0 spiro atoms. The van der Waals surface area contributed by atoms with Crippen molar-refractivity contribution in [3.63, 3.8) is 0 Å². The minimum absolute atomic E-state index is 0.0272. The molecule has 94 valence electrons. The lowest BCUT2D eigenvalue weighted by molar-refractivity contribution is -0.385. The van der Waals surface area contributed by atoms with Gasteiger partial charge in [-0.05, 0) is 13.8 Å². The summed E-state index contributed by atoms with van der Waals surface area (Å²) in [6.45, 7) is 6.24. The van der Waals surface area contributed by atoms with E-state index in [1.54, 1.807) is 4.68 Å². The van der Waals surface area contributed by atoms with Gasteiger partial charge < -0.3 is 4.74 Å². The van der Waals surface area contributed by atoms with Crippen molar-refractivity contribution in [2.75, 3.05) is 13.1 Å². The van der Waals surface area contributed by atoms with Crippen molar-refractivity contribution in [2.45, 2.75) is 32.7 Å². The smallest absolute Gasteiger partial charge is 0.307 e. The van der Waals surface area contributed by atoms with Crippen molar-refractivity contribution in [1.82, 2.24) is 14.7 Å². The third kappa shape index (κ3) is 3.01. The third-order valence-electron chi connectivity index (χ3n) is 2.67. The number of aromatic nitrogens is 2. The quantitative estimate of drug-likeness (QED) is 0.578. The maximum Gasteiger partial charge on any atom is 0.307 e. The summed E-state index contributed by atoms with van der Waals surface area (Å²) in [4.78, 5) is 12.3. The Morgan fingerprint density at radius 2 is 2.18 bits per heavy atom. The molecule has 7 nitrogen and oxygen atoms in total. The molecule has 7 heteroatoms. The molecule has 0 N–H and O–H groups in total. The standard InChI is InChI=1S/C10H16N4O3/c1-8-4-12(5-9(2)17-8)7-13-6-10(3-11-13)14(15)16/h3,6,8-9H,4-5,7H2,1-2H3. The summed E-state index contributed by atoms with van der Waals surface area (Å²) >= 11 is 0. The molecule has 2 heterocycles. The van der Waals surface area contributed by atoms with Crippen LogP contribution in [0.15, 0.2) is 12.4 Å². The molecule has 0 aromatic carbocycles. The maximum absolute atomic E-state index is 10.5. The number of nitro groups is 1. The van der Waals surface area contributed by atoms with Crippen molar-refractivity contribution >= 4 is 5.69 Å². The molecule has 1 fully saturated rings. The number of nitrogens with zero attached hydrogens (tertiary/aromatic N) is 4. The highest BCUT2D eigenvalue weighted by Crippen LogP contribution is 2.13. The maximum atomic E-state index is 10.5. The van der Waals surface area contributed by atoms with E-state index in [4.69, 9.17) is 4.74 Å². The van der Waals surface area contributed by atoms with Gasteiger partial charge >= 0.3 is 5.69 Å². The largest absolute Gasteiger partial charge is 0.373 e. The molecule has 0 bridgehead atoms. The monoisotopic (exact) mass is 240 g/mol. The minimum Gasteiger partial charge on any atom is -0.373 e. The average Bonchev–Trinajstić information content (AvgIpc) is 2.64. The molecular formula is C10H16N4O3. The van der Waals surface area contributed by atoms with Crippen molar-refractivity contribution in [3.8, 4) is 0 Å². The van der Waals surface area contributed by atoms with Crippen LogP contribution in [-0.4, -0.2) is 44.9 Å². The SMILES string of the molecule is CC1CN(Cn2cc([N+](=O)[O-])cn2)CC(C)O1. The van der Waals surface area contributed by atoms with Gasteiger partial charge in [0.1, 0.15) is 12.4 Å². The van der Waals surface area contributed by atoms with Crippen LogP contribution in [0.4, 0.5) is 5.69 Å². The number of rotatable bonds is 3. The van der Waals surface area contributed by atoms with Gasteiger partial charge in [-0.1, -0.05) is 0 Å². The summed E-state index contributed by atoms with van der Waals surface area (Å²) < 4.78 is 7.20. The van der Waals surface area contributed by atoms with Gasteiger partial charge in [0.25, 0.3) is 0 Å². The fraction of sp³-hybridized carbons (Fsp3) is 0.700.